The van der Waals surface area contributed by atoms with Crippen LogP contribution in [-0.2, 0) is 24.4 Å². The summed E-state index contributed by atoms with van der Waals surface area (Å²) in [5.41, 5.74) is 3.32. The van der Waals surface area contributed by atoms with Crippen LogP contribution in [0.2, 0.25) is 0 Å². The van der Waals surface area contributed by atoms with Crippen LogP contribution in [0.15, 0.2) is 30.7 Å². The number of hydrogen-bond donors (Lipinski definition) is 1. The molecule has 0 unspecified atom stereocenters. The molecule has 3 aromatic rings. The number of carbonyl (C=O) groups excluding carboxylic acids is 1. The SMILES string of the molecule is Cc1cnnn1Cc1nnn2c1CN(C(=O)c1cccnc1)CCC2.O=C(O)C(F)(F)F. The van der Waals surface area contributed by atoms with Gasteiger partial charge in [-0.3, -0.25) is 9.78 Å². The van der Waals surface area contributed by atoms with Crippen molar-refractivity contribution >= 4 is 11.9 Å². The first kappa shape index (κ1) is 22.8. The van der Waals surface area contributed by atoms with Crippen LogP contribution in [-0.4, -0.2) is 69.6 Å². The minimum absolute atomic E-state index is 0.0226. The number of rotatable bonds is 3. The number of nitrogens with zero attached hydrogens (tertiary/aromatic N) is 8. The van der Waals surface area contributed by atoms with Gasteiger partial charge >= 0.3 is 12.1 Å². The molecular formula is C18H19F3N8O3. The Labute approximate surface area is 179 Å². The Morgan fingerprint density at radius 2 is 1.94 bits per heavy atom. The highest BCUT2D eigenvalue weighted by molar-refractivity contribution is 5.93. The minimum Gasteiger partial charge on any atom is -0.475 e. The molecule has 0 spiro atoms. The molecule has 1 aliphatic heterocycles. The molecule has 14 heteroatoms. The molecule has 0 saturated carbocycles. The molecule has 0 aliphatic carbocycles. The van der Waals surface area contributed by atoms with Crippen LogP contribution in [0.5, 0.6) is 0 Å². The molecule has 32 heavy (non-hydrogen) atoms. The summed E-state index contributed by atoms with van der Waals surface area (Å²) in [7, 11) is 0. The first-order valence-corrected chi connectivity index (χ1v) is 9.42. The highest BCUT2D eigenvalue weighted by Gasteiger charge is 2.38. The van der Waals surface area contributed by atoms with Crippen LogP contribution in [0.3, 0.4) is 0 Å². The number of aromatic nitrogens is 7. The standard InChI is InChI=1S/C16H18N8O.C2HF3O2/c1-12-8-18-20-24(12)10-14-15-11-22(6-3-7-23(15)21-19-14)16(25)13-4-2-5-17-9-13;3-2(4,5)1(6)7/h2,4-5,8-9H,3,6-7,10-11H2,1H3;(H,6,7). The van der Waals surface area contributed by atoms with Crippen molar-refractivity contribution in [2.75, 3.05) is 6.54 Å². The van der Waals surface area contributed by atoms with Gasteiger partial charge in [-0.15, -0.1) is 10.2 Å². The predicted octanol–water partition coefficient (Wildman–Crippen LogP) is 1.30. The van der Waals surface area contributed by atoms with Crippen molar-refractivity contribution in [2.24, 2.45) is 0 Å². The molecule has 1 amide bonds. The third-order valence-corrected chi connectivity index (χ3v) is 4.61. The van der Waals surface area contributed by atoms with E-state index >= 15 is 0 Å². The van der Waals surface area contributed by atoms with E-state index in [1.807, 2.05) is 16.5 Å². The molecule has 0 atom stereocenters. The topological polar surface area (TPSA) is 132 Å². The van der Waals surface area contributed by atoms with Gasteiger partial charge in [0, 0.05) is 25.5 Å². The van der Waals surface area contributed by atoms with Gasteiger partial charge in [0.2, 0.25) is 0 Å². The van der Waals surface area contributed by atoms with Crippen LogP contribution < -0.4 is 0 Å². The Kier molecular flexibility index (Phi) is 6.80. The quantitative estimate of drug-likeness (QED) is 0.629. The fraction of sp³-hybridized carbons (Fsp3) is 0.389. The van der Waals surface area contributed by atoms with Crippen LogP contribution >= 0.6 is 0 Å². The first-order chi connectivity index (χ1) is 15.2. The summed E-state index contributed by atoms with van der Waals surface area (Å²) in [6.45, 7) is 4.34. The third kappa shape index (κ3) is 5.44. The number of amides is 1. The first-order valence-electron chi connectivity index (χ1n) is 9.42. The number of aliphatic carboxylic acids is 1. The minimum atomic E-state index is -5.08. The maximum absolute atomic E-state index is 12.8. The van der Waals surface area contributed by atoms with Gasteiger partial charge < -0.3 is 10.0 Å². The zero-order valence-electron chi connectivity index (χ0n) is 16.9. The number of alkyl halides is 3. The molecule has 0 bridgehead atoms. The van der Waals surface area contributed by atoms with Crippen LogP contribution in [0.25, 0.3) is 0 Å². The van der Waals surface area contributed by atoms with E-state index in [4.69, 9.17) is 9.90 Å². The van der Waals surface area contributed by atoms with Crippen LogP contribution in [0.1, 0.15) is 33.9 Å². The third-order valence-electron chi connectivity index (χ3n) is 4.61. The monoisotopic (exact) mass is 452 g/mol. The van der Waals surface area contributed by atoms with Crippen molar-refractivity contribution in [1.29, 1.82) is 0 Å². The zero-order chi connectivity index (χ0) is 23.3. The molecule has 3 aromatic heterocycles. The van der Waals surface area contributed by atoms with E-state index in [-0.39, 0.29) is 5.91 Å². The predicted molar refractivity (Wildman–Crippen MR) is 101 cm³/mol. The van der Waals surface area contributed by atoms with Gasteiger partial charge in [0.25, 0.3) is 5.91 Å². The van der Waals surface area contributed by atoms with Crippen molar-refractivity contribution in [2.45, 2.75) is 39.2 Å². The van der Waals surface area contributed by atoms with E-state index in [0.717, 1.165) is 30.0 Å². The van der Waals surface area contributed by atoms with Gasteiger partial charge in [-0.25, -0.2) is 14.2 Å². The number of hydrogen-bond acceptors (Lipinski definition) is 7. The second kappa shape index (κ2) is 9.53. The number of carboxylic acids is 1. The normalized spacial score (nSPS) is 13.6. The molecule has 0 fully saturated rings. The molecule has 0 saturated heterocycles. The van der Waals surface area contributed by atoms with Crippen LogP contribution in [0.4, 0.5) is 13.2 Å². The van der Waals surface area contributed by atoms with Crippen molar-refractivity contribution in [3.8, 4) is 0 Å². The summed E-state index contributed by atoms with van der Waals surface area (Å²) in [5.74, 6) is -2.78. The summed E-state index contributed by atoms with van der Waals surface area (Å²) in [6.07, 6.45) is 0.726. The fourth-order valence-electron chi connectivity index (χ4n) is 2.97. The van der Waals surface area contributed by atoms with Crippen molar-refractivity contribution in [3.05, 3.63) is 53.4 Å². The molecule has 4 heterocycles. The molecule has 0 radical (unpaired) electrons. The number of aryl methyl sites for hydroxylation is 2. The number of carbonyl (C=O) groups is 2. The summed E-state index contributed by atoms with van der Waals surface area (Å²) in [4.78, 5) is 27.5. The van der Waals surface area contributed by atoms with Gasteiger partial charge in [-0.1, -0.05) is 10.4 Å². The van der Waals surface area contributed by atoms with Crippen LogP contribution in [0, 0.1) is 6.92 Å². The molecule has 0 aromatic carbocycles. The number of carboxylic acid groups (broad SMARTS) is 1. The highest BCUT2D eigenvalue weighted by Crippen LogP contribution is 2.18. The summed E-state index contributed by atoms with van der Waals surface area (Å²) >= 11 is 0. The van der Waals surface area contributed by atoms with E-state index in [9.17, 15) is 18.0 Å². The summed E-state index contributed by atoms with van der Waals surface area (Å²) < 4.78 is 35.4. The maximum atomic E-state index is 12.8. The average Bonchev–Trinajstić information content (AvgIpc) is 3.26. The van der Waals surface area contributed by atoms with Crippen molar-refractivity contribution < 1.29 is 27.9 Å². The second-order valence-corrected chi connectivity index (χ2v) is 6.86. The lowest BCUT2D eigenvalue weighted by Gasteiger charge is -2.20. The number of pyridine rings is 1. The van der Waals surface area contributed by atoms with E-state index in [0.29, 0.717) is 25.2 Å². The smallest absolute Gasteiger partial charge is 0.475 e. The van der Waals surface area contributed by atoms with E-state index in [2.05, 4.69) is 25.6 Å². The van der Waals surface area contributed by atoms with Gasteiger partial charge in [-0.05, 0) is 25.5 Å². The Bertz CT molecular complexity index is 1080. The van der Waals surface area contributed by atoms with E-state index < -0.39 is 12.1 Å². The lowest BCUT2D eigenvalue weighted by atomic mass is 10.2. The molecular weight excluding hydrogens is 433 g/mol. The number of halogens is 3. The van der Waals surface area contributed by atoms with Gasteiger partial charge in [0.05, 0.1) is 36.2 Å². The highest BCUT2D eigenvalue weighted by atomic mass is 19.4. The second-order valence-electron chi connectivity index (χ2n) is 6.86. The molecule has 170 valence electrons. The maximum Gasteiger partial charge on any atom is 0.490 e. The molecule has 1 aliphatic rings. The molecule has 4 rings (SSSR count). The molecule has 1 N–H and O–H groups in total. The largest absolute Gasteiger partial charge is 0.490 e. The summed E-state index contributed by atoms with van der Waals surface area (Å²) in [5, 5.41) is 23.6. The van der Waals surface area contributed by atoms with E-state index in [1.54, 1.807) is 35.4 Å². The number of fused-ring (bicyclic) bond motifs is 1. The molecule has 11 nitrogen and oxygen atoms in total. The zero-order valence-corrected chi connectivity index (χ0v) is 16.9. The summed E-state index contributed by atoms with van der Waals surface area (Å²) in [6, 6.07) is 3.56. The van der Waals surface area contributed by atoms with Crippen molar-refractivity contribution in [3.63, 3.8) is 0 Å². The van der Waals surface area contributed by atoms with Gasteiger partial charge in [0.1, 0.15) is 5.69 Å². The van der Waals surface area contributed by atoms with Gasteiger partial charge in [-0.2, -0.15) is 13.2 Å². The van der Waals surface area contributed by atoms with E-state index in [1.165, 1.54) is 0 Å². The fourth-order valence-corrected chi connectivity index (χ4v) is 2.97. The Hall–Kier alpha value is -3.84. The van der Waals surface area contributed by atoms with Gasteiger partial charge in [0.15, 0.2) is 0 Å². The lowest BCUT2D eigenvalue weighted by Crippen LogP contribution is -2.31. The Morgan fingerprint density at radius 1 is 1.19 bits per heavy atom. The van der Waals surface area contributed by atoms with Crippen molar-refractivity contribution in [1.82, 2.24) is 39.9 Å². The Morgan fingerprint density at radius 3 is 2.53 bits per heavy atom. The Balaban J connectivity index is 0.000000360. The average molecular weight is 452 g/mol. The lowest BCUT2D eigenvalue weighted by molar-refractivity contribution is -0.192.